The Labute approximate surface area is 146 Å². The summed E-state index contributed by atoms with van der Waals surface area (Å²) in [6.45, 7) is 2.24. The van der Waals surface area contributed by atoms with Gasteiger partial charge in [0.1, 0.15) is 11.9 Å². The number of hydrogen-bond acceptors (Lipinski definition) is 2. The number of aryl methyl sites for hydroxylation is 1. The molecule has 0 radical (unpaired) electrons. The van der Waals surface area contributed by atoms with E-state index in [1.807, 2.05) is 18.2 Å². The van der Waals surface area contributed by atoms with E-state index in [9.17, 15) is 14.0 Å². The van der Waals surface area contributed by atoms with Crippen LogP contribution < -0.4 is 5.73 Å². The Hall–Kier alpha value is -2.69. The standard InChI is InChI=1S/C20H21FN2O2/c1-13-8-9-14(12-17(13)21)11-15-5-2-3-6-16(15)20(25)23-10-4-7-18(23)19(22)24/h2-3,5-6,8-9,12,18H,4,7,10-11H2,1H3,(H2,22,24)/t18-/m0/s1. The van der Waals surface area contributed by atoms with E-state index in [1.165, 1.54) is 6.07 Å². The molecule has 0 saturated carbocycles. The molecule has 0 unspecified atom stereocenters. The van der Waals surface area contributed by atoms with Crippen molar-refractivity contribution in [1.82, 2.24) is 4.90 Å². The third-order valence-corrected chi connectivity index (χ3v) is 4.72. The third-order valence-electron chi connectivity index (χ3n) is 4.72. The first-order valence-electron chi connectivity index (χ1n) is 8.40. The first-order valence-corrected chi connectivity index (χ1v) is 8.40. The van der Waals surface area contributed by atoms with Gasteiger partial charge in [0.15, 0.2) is 0 Å². The highest BCUT2D eigenvalue weighted by molar-refractivity contribution is 5.98. The number of likely N-dealkylation sites (tertiary alicyclic amines) is 1. The van der Waals surface area contributed by atoms with E-state index in [0.717, 1.165) is 17.5 Å². The van der Waals surface area contributed by atoms with Crippen LogP contribution in [-0.4, -0.2) is 29.3 Å². The predicted molar refractivity (Wildman–Crippen MR) is 93.6 cm³/mol. The number of rotatable bonds is 4. The van der Waals surface area contributed by atoms with Crippen LogP contribution in [-0.2, 0) is 11.2 Å². The van der Waals surface area contributed by atoms with Crippen LogP contribution >= 0.6 is 0 Å². The first-order chi connectivity index (χ1) is 12.0. The summed E-state index contributed by atoms with van der Waals surface area (Å²) in [7, 11) is 0. The van der Waals surface area contributed by atoms with Crippen LogP contribution in [0.3, 0.4) is 0 Å². The average Bonchev–Trinajstić information content (AvgIpc) is 3.08. The number of halogens is 1. The zero-order valence-electron chi connectivity index (χ0n) is 14.2. The second-order valence-corrected chi connectivity index (χ2v) is 6.48. The largest absolute Gasteiger partial charge is 0.368 e. The Kier molecular flexibility index (Phi) is 4.83. The summed E-state index contributed by atoms with van der Waals surface area (Å²) in [5.41, 5.74) is 8.17. The molecule has 2 aromatic rings. The van der Waals surface area contributed by atoms with Gasteiger partial charge in [0, 0.05) is 12.1 Å². The predicted octanol–water partition coefficient (Wildman–Crippen LogP) is 2.81. The van der Waals surface area contributed by atoms with Crippen LogP contribution in [0.5, 0.6) is 0 Å². The van der Waals surface area contributed by atoms with Gasteiger partial charge in [-0.15, -0.1) is 0 Å². The lowest BCUT2D eigenvalue weighted by Crippen LogP contribution is -2.43. The van der Waals surface area contributed by atoms with Crippen LogP contribution in [0.25, 0.3) is 0 Å². The Balaban J connectivity index is 1.89. The maximum atomic E-state index is 13.8. The number of nitrogens with two attached hydrogens (primary N) is 1. The molecule has 2 aromatic carbocycles. The number of nitrogens with zero attached hydrogens (tertiary/aromatic N) is 1. The summed E-state index contributed by atoms with van der Waals surface area (Å²) in [6.07, 6.45) is 1.82. The van der Waals surface area contributed by atoms with Crippen molar-refractivity contribution in [1.29, 1.82) is 0 Å². The van der Waals surface area contributed by atoms with Gasteiger partial charge in [-0.2, -0.15) is 0 Å². The van der Waals surface area contributed by atoms with Crippen LogP contribution in [0.15, 0.2) is 42.5 Å². The molecule has 1 fully saturated rings. The zero-order valence-corrected chi connectivity index (χ0v) is 14.2. The first kappa shape index (κ1) is 17.1. The number of carbonyl (C=O) groups is 2. The van der Waals surface area contributed by atoms with Gasteiger partial charge in [-0.3, -0.25) is 9.59 Å². The highest BCUT2D eigenvalue weighted by Gasteiger charge is 2.33. The molecule has 1 heterocycles. The van der Waals surface area contributed by atoms with Crippen molar-refractivity contribution >= 4 is 11.8 Å². The minimum atomic E-state index is -0.544. The molecule has 0 aliphatic carbocycles. The third kappa shape index (κ3) is 3.55. The Morgan fingerprint density at radius 2 is 2.00 bits per heavy atom. The zero-order chi connectivity index (χ0) is 18.0. The lowest BCUT2D eigenvalue weighted by Gasteiger charge is -2.23. The second kappa shape index (κ2) is 7.05. The van der Waals surface area contributed by atoms with Gasteiger partial charge in [0.05, 0.1) is 0 Å². The summed E-state index contributed by atoms with van der Waals surface area (Å²) in [6, 6.07) is 11.8. The van der Waals surface area contributed by atoms with Gasteiger partial charge in [-0.1, -0.05) is 30.3 Å². The molecule has 0 bridgehead atoms. The molecule has 0 aromatic heterocycles. The summed E-state index contributed by atoms with van der Waals surface area (Å²) >= 11 is 0. The van der Waals surface area contributed by atoms with Gasteiger partial charge in [-0.25, -0.2) is 4.39 Å². The lowest BCUT2D eigenvalue weighted by molar-refractivity contribution is -0.121. The summed E-state index contributed by atoms with van der Waals surface area (Å²) in [5, 5.41) is 0. The fourth-order valence-electron chi connectivity index (χ4n) is 3.31. The van der Waals surface area contributed by atoms with Crippen molar-refractivity contribution in [3.05, 3.63) is 70.5 Å². The highest BCUT2D eigenvalue weighted by Crippen LogP contribution is 2.23. The van der Waals surface area contributed by atoms with Crippen molar-refractivity contribution in [3.63, 3.8) is 0 Å². The molecule has 25 heavy (non-hydrogen) atoms. The normalized spacial score (nSPS) is 16.9. The number of primary amides is 1. The van der Waals surface area contributed by atoms with E-state index in [1.54, 1.807) is 30.0 Å². The van der Waals surface area contributed by atoms with Crippen LogP contribution in [0.1, 0.15) is 39.9 Å². The summed E-state index contributed by atoms with van der Waals surface area (Å²) < 4.78 is 13.8. The molecular weight excluding hydrogens is 319 g/mol. The molecule has 1 saturated heterocycles. The van der Waals surface area contributed by atoms with E-state index >= 15 is 0 Å². The van der Waals surface area contributed by atoms with E-state index in [2.05, 4.69) is 0 Å². The summed E-state index contributed by atoms with van der Waals surface area (Å²) in [4.78, 5) is 26.1. The molecule has 1 atom stereocenters. The van der Waals surface area contributed by atoms with Gasteiger partial charge in [0.2, 0.25) is 5.91 Å². The lowest BCUT2D eigenvalue weighted by atomic mass is 9.98. The minimum Gasteiger partial charge on any atom is -0.368 e. The van der Waals surface area contributed by atoms with E-state index in [4.69, 9.17) is 5.73 Å². The second-order valence-electron chi connectivity index (χ2n) is 6.48. The monoisotopic (exact) mass is 340 g/mol. The SMILES string of the molecule is Cc1ccc(Cc2ccccc2C(=O)N2CCC[C@H]2C(N)=O)cc1F. The molecule has 1 aliphatic rings. The fourth-order valence-corrected chi connectivity index (χ4v) is 3.31. The number of amides is 2. The maximum Gasteiger partial charge on any atom is 0.254 e. The average molecular weight is 340 g/mol. The van der Waals surface area contributed by atoms with Crippen molar-refractivity contribution < 1.29 is 14.0 Å². The van der Waals surface area contributed by atoms with Gasteiger partial charge in [-0.05, 0) is 55.0 Å². The summed E-state index contributed by atoms with van der Waals surface area (Å²) in [5.74, 6) is -0.914. The Morgan fingerprint density at radius 1 is 1.24 bits per heavy atom. The van der Waals surface area contributed by atoms with Gasteiger partial charge in [0.25, 0.3) is 5.91 Å². The smallest absolute Gasteiger partial charge is 0.254 e. The van der Waals surface area contributed by atoms with Crippen LogP contribution in [0, 0.1) is 12.7 Å². The van der Waals surface area contributed by atoms with E-state index < -0.39 is 11.9 Å². The molecule has 4 nitrogen and oxygen atoms in total. The molecule has 3 rings (SSSR count). The van der Waals surface area contributed by atoms with Crippen molar-refractivity contribution in [2.75, 3.05) is 6.54 Å². The molecule has 2 amide bonds. The fraction of sp³-hybridized carbons (Fsp3) is 0.300. The molecule has 0 spiro atoms. The molecule has 2 N–H and O–H groups in total. The quantitative estimate of drug-likeness (QED) is 0.930. The van der Waals surface area contributed by atoms with Crippen LogP contribution in [0.2, 0.25) is 0 Å². The van der Waals surface area contributed by atoms with Gasteiger partial charge >= 0.3 is 0 Å². The number of hydrogen-bond donors (Lipinski definition) is 1. The van der Waals surface area contributed by atoms with Crippen molar-refractivity contribution in [2.24, 2.45) is 5.73 Å². The molecule has 5 heteroatoms. The minimum absolute atomic E-state index is 0.190. The Morgan fingerprint density at radius 3 is 2.72 bits per heavy atom. The molecule has 1 aliphatic heterocycles. The van der Waals surface area contributed by atoms with E-state index in [0.29, 0.717) is 30.5 Å². The van der Waals surface area contributed by atoms with Crippen LogP contribution in [0.4, 0.5) is 4.39 Å². The Bertz CT molecular complexity index is 819. The highest BCUT2D eigenvalue weighted by atomic mass is 19.1. The molecular formula is C20H21FN2O2. The number of benzene rings is 2. The van der Waals surface area contributed by atoms with Gasteiger partial charge < -0.3 is 10.6 Å². The van der Waals surface area contributed by atoms with Crippen molar-refractivity contribution in [2.45, 2.75) is 32.2 Å². The van der Waals surface area contributed by atoms with E-state index in [-0.39, 0.29) is 11.7 Å². The topological polar surface area (TPSA) is 63.4 Å². The van der Waals surface area contributed by atoms with Crippen molar-refractivity contribution in [3.8, 4) is 0 Å². The number of carbonyl (C=O) groups excluding carboxylic acids is 2. The maximum absolute atomic E-state index is 13.8. The molecule has 130 valence electrons.